The van der Waals surface area contributed by atoms with Gasteiger partial charge in [0, 0.05) is 17.7 Å². The van der Waals surface area contributed by atoms with E-state index in [4.69, 9.17) is 4.74 Å². The first-order chi connectivity index (χ1) is 14.5. The highest BCUT2D eigenvalue weighted by molar-refractivity contribution is 5.96. The van der Waals surface area contributed by atoms with Gasteiger partial charge >= 0.3 is 0 Å². The number of benzene rings is 3. The van der Waals surface area contributed by atoms with Crippen LogP contribution in [-0.2, 0) is 6.42 Å². The standard InChI is InChI=1S/C27H31NO2/c1-5-20-6-14-24(15-7-20)28-26(22-10-8-21(9-11-22)19(2)3)18-27(29)23-12-16-25(30-4)17-13-23/h6-17,19,26,28H,5,18H2,1-4H3. The van der Waals surface area contributed by atoms with Crippen LogP contribution in [0.3, 0.4) is 0 Å². The van der Waals surface area contributed by atoms with E-state index in [0.29, 0.717) is 17.9 Å². The summed E-state index contributed by atoms with van der Waals surface area (Å²) in [6.45, 7) is 6.52. The third-order valence-electron chi connectivity index (χ3n) is 5.51. The lowest BCUT2D eigenvalue weighted by atomic mass is 9.94. The first kappa shape index (κ1) is 21.6. The minimum absolute atomic E-state index is 0.103. The summed E-state index contributed by atoms with van der Waals surface area (Å²) in [6, 6.07) is 24.2. The molecule has 0 spiro atoms. The van der Waals surface area contributed by atoms with Crippen molar-refractivity contribution in [1.82, 2.24) is 0 Å². The Morgan fingerprint density at radius 1 is 0.867 bits per heavy atom. The number of carbonyl (C=O) groups is 1. The number of hydrogen-bond acceptors (Lipinski definition) is 3. The van der Waals surface area contributed by atoms with Crippen LogP contribution in [-0.4, -0.2) is 12.9 Å². The molecule has 156 valence electrons. The van der Waals surface area contributed by atoms with Crippen LogP contribution in [0.1, 0.15) is 66.2 Å². The van der Waals surface area contributed by atoms with Gasteiger partial charge < -0.3 is 10.1 Å². The predicted octanol–water partition coefficient (Wildman–Crippen LogP) is 6.81. The second-order valence-electron chi connectivity index (χ2n) is 7.92. The van der Waals surface area contributed by atoms with E-state index in [0.717, 1.165) is 23.4 Å². The Morgan fingerprint density at radius 2 is 1.47 bits per heavy atom. The zero-order valence-electron chi connectivity index (χ0n) is 18.3. The largest absolute Gasteiger partial charge is 0.497 e. The average Bonchev–Trinajstić information content (AvgIpc) is 2.79. The van der Waals surface area contributed by atoms with Crippen LogP contribution in [0.15, 0.2) is 72.8 Å². The number of aryl methyl sites for hydroxylation is 1. The number of anilines is 1. The summed E-state index contributed by atoms with van der Waals surface area (Å²) in [5.74, 6) is 1.34. The fourth-order valence-electron chi connectivity index (χ4n) is 3.48. The molecule has 30 heavy (non-hydrogen) atoms. The van der Waals surface area contributed by atoms with Crippen LogP contribution in [0, 0.1) is 0 Å². The normalized spacial score (nSPS) is 11.9. The van der Waals surface area contributed by atoms with E-state index < -0.39 is 0 Å². The Balaban J connectivity index is 1.84. The summed E-state index contributed by atoms with van der Waals surface area (Å²) in [6.07, 6.45) is 1.39. The van der Waals surface area contributed by atoms with E-state index in [1.54, 1.807) is 7.11 Å². The molecular formula is C27H31NO2. The number of nitrogens with one attached hydrogen (secondary N) is 1. The maximum Gasteiger partial charge on any atom is 0.165 e. The van der Waals surface area contributed by atoms with E-state index in [2.05, 4.69) is 74.6 Å². The summed E-state index contributed by atoms with van der Waals surface area (Å²) < 4.78 is 5.20. The number of ether oxygens (including phenoxy) is 1. The number of carbonyl (C=O) groups excluding carboxylic acids is 1. The van der Waals surface area contributed by atoms with Crippen LogP contribution in [0.5, 0.6) is 5.75 Å². The van der Waals surface area contributed by atoms with Gasteiger partial charge in [-0.25, -0.2) is 0 Å². The van der Waals surface area contributed by atoms with Crippen LogP contribution in [0.25, 0.3) is 0 Å². The second kappa shape index (κ2) is 10.1. The molecule has 3 aromatic rings. The fourth-order valence-corrected chi connectivity index (χ4v) is 3.48. The van der Waals surface area contributed by atoms with Crippen molar-refractivity contribution in [1.29, 1.82) is 0 Å². The van der Waals surface area contributed by atoms with E-state index in [9.17, 15) is 4.79 Å². The molecule has 0 saturated carbocycles. The summed E-state index contributed by atoms with van der Waals surface area (Å²) in [7, 11) is 1.63. The van der Waals surface area contributed by atoms with Gasteiger partial charge in [-0.15, -0.1) is 0 Å². The second-order valence-corrected chi connectivity index (χ2v) is 7.92. The number of ketones is 1. The quantitative estimate of drug-likeness (QED) is 0.400. The third-order valence-corrected chi connectivity index (χ3v) is 5.51. The minimum Gasteiger partial charge on any atom is -0.497 e. The van der Waals surface area contributed by atoms with Crippen LogP contribution in [0.2, 0.25) is 0 Å². The average molecular weight is 402 g/mol. The van der Waals surface area contributed by atoms with Crippen molar-refractivity contribution >= 4 is 11.5 Å². The Kier molecular flexibility index (Phi) is 7.29. The highest BCUT2D eigenvalue weighted by Gasteiger charge is 2.18. The molecule has 3 aromatic carbocycles. The molecule has 0 amide bonds. The minimum atomic E-state index is -0.103. The van der Waals surface area contributed by atoms with Crippen molar-refractivity contribution in [2.24, 2.45) is 0 Å². The smallest absolute Gasteiger partial charge is 0.165 e. The van der Waals surface area contributed by atoms with Gasteiger partial charge in [0.25, 0.3) is 0 Å². The molecular weight excluding hydrogens is 370 g/mol. The van der Waals surface area contributed by atoms with Gasteiger partial charge in [-0.05, 0) is 65.4 Å². The van der Waals surface area contributed by atoms with Gasteiger partial charge in [0.05, 0.1) is 13.2 Å². The van der Waals surface area contributed by atoms with Gasteiger partial charge in [0.15, 0.2) is 5.78 Å². The molecule has 0 aliphatic rings. The maximum atomic E-state index is 13.0. The molecule has 0 radical (unpaired) electrons. The fraction of sp³-hybridized carbons (Fsp3) is 0.296. The lowest BCUT2D eigenvalue weighted by Gasteiger charge is -2.21. The van der Waals surface area contributed by atoms with Crippen molar-refractivity contribution in [2.75, 3.05) is 12.4 Å². The van der Waals surface area contributed by atoms with E-state index in [-0.39, 0.29) is 11.8 Å². The van der Waals surface area contributed by atoms with Gasteiger partial charge in [0.1, 0.15) is 5.75 Å². The molecule has 0 aliphatic carbocycles. The first-order valence-electron chi connectivity index (χ1n) is 10.6. The van der Waals surface area contributed by atoms with Gasteiger partial charge in [-0.2, -0.15) is 0 Å². The van der Waals surface area contributed by atoms with E-state index >= 15 is 0 Å². The molecule has 3 nitrogen and oxygen atoms in total. The van der Waals surface area contributed by atoms with Crippen molar-refractivity contribution in [2.45, 2.75) is 45.6 Å². The Bertz CT molecular complexity index is 942. The van der Waals surface area contributed by atoms with Crippen molar-refractivity contribution in [3.05, 3.63) is 95.1 Å². The number of methoxy groups -OCH3 is 1. The zero-order chi connectivity index (χ0) is 21.5. The molecule has 0 aliphatic heterocycles. The van der Waals surface area contributed by atoms with Crippen molar-refractivity contribution in [3.8, 4) is 5.75 Å². The summed E-state index contributed by atoms with van der Waals surface area (Å²) >= 11 is 0. The molecule has 3 rings (SSSR count). The molecule has 1 unspecified atom stereocenters. The first-order valence-corrected chi connectivity index (χ1v) is 10.6. The Labute approximate surface area is 180 Å². The molecule has 0 heterocycles. The van der Waals surface area contributed by atoms with Crippen molar-refractivity contribution in [3.63, 3.8) is 0 Å². The maximum absolute atomic E-state index is 13.0. The lowest BCUT2D eigenvalue weighted by molar-refractivity contribution is 0.0976. The summed E-state index contributed by atoms with van der Waals surface area (Å²) in [4.78, 5) is 13.0. The summed E-state index contributed by atoms with van der Waals surface area (Å²) in [5, 5.41) is 3.57. The third kappa shape index (κ3) is 5.50. The summed E-state index contributed by atoms with van der Waals surface area (Å²) in [5.41, 5.74) is 5.43. The molecule has 0 saturated heterocycles. The highest BCUT2D eigenvalue weighted by Crippen LogP contribution is 2.27. The SMILES string of the molecule is CCc1ccc(NC(CC(=O)c2ccc(OC)cc2)c2ccc(C(C)C)cc2)cc1. The zero-order valence-corrected chi connectivity index (χ0v) is 18.3. The molecule has 1 atom stereocenters. The lowest BCUT2D eigenvalue weighted by Crippen LogP contribution is -2.16. The molecule has 1 N–H and O–H groups in total. The molecule has 3 heteroatoms. The Hall–Kier alpha value is -3.07. The van der Waals surface area contributed by atoms with Gasteiger partial charge in [-0.3, -0.25) is 4.79 Å². The monoisotopic (exact) mass is 401 g/mol. The molecule has 0 fully saturated rings. The highest BCUT2D eigenvalue weighted by atomic mass is 16.5. The number of Topliss-reactive ketones (excluding diaryl/α,β-unsaturated/α-hetero) is 1. The van der Waals surface area contributed by atoms with Crippen molar-refractivity contribution < 1.29 is 9.53 Å². The number of hydrogen-bond donors (Lipinski definition) is 1. The number of rotatable bonds is 9. The van der Waals surface area contributed by atoms with E-state index in [1.165, 1.54) is 11.1 Å². The Morgan fingerprint density at radius 3 is 2.00 bits per heavy atom. The van der Waals surface area contributed by atoms with E-state index in [1.807, 2.05) is 24.3 Å². The topological polar surface area (TPSA) is 38.3 Å². The molecule has 0 bridgehead atoms. The van der Waals surface area contributed by atoms with Crippen LogP contribution in [0.4, 0.5) is 5.69 Å². The van der Waals surface area contributed by atoms with Gasteiger partial charge in [-0.1, -0.05) is 57.2 Å². The van der Waals surface area contributed by atoms with Crippen LogP contribution < -0.4 is 10.1 Å². The predicted molar refractivity (Wildman–Crippen MR) is 125 cm³/mol. The molecule has 0 aromatic heterocycles. The van der Waals surface area contributed by atoms with Gasteiger partial charge in [0.2, 0.25) is 0 Å². The van der Waals surface area contributed by atoms with Crippen LogP contribution >= 0.6 is 0 Å².